The van der Waals surface area contributed by atoms with Gasteiger partial charge in [0.1, 0.15) is 17.2 Å². The van der Waals surface area contributed by atoms with E-state index in [4.69, 9.17) is 11.6 Å². The third-order valence-corrected chi connectivity index (χ3v) is 3.23. The second kappa shape index (κ2) is 5.97. The second-order valence-electron chi connectivity index (χ2n) is 4.86. The van der Waals surface area contributed by atoms with Crippen LogP contribution in [-0.2, 0) is 0 Å². The molecule has 0 heterocycles. The lowest BCUT2D eigenvalue weighted by molar-refractivity contribution is 0.474. The summed E-state index contributed by atoms with van der Waals surface area (Å²) >= 11 is 5.87. The molecular formula is C16H16ClNO2. The Balaban J connectivity index is 2.35. The van der Waals surface area contributed by atoms with Gasteiger partial charge in [-0.3, -0.25) is 4.99 Å². The number of halogens is 1. The van der Waals surface area contributed by atoms with Crippen LogP contribution in [0, 0.1) is 0 Å². The van der Waals surface area contributed by atoms with E-state index in [1.54, 1.807) is 18.2 Å². The summed E-state index contributed by atoms with van der Waals surface area (Å²) in [6.07, 6.45) is 1.49. The quantitative estimate of drug-likeness (QED) is 0.810. The Kier molecular flexibility index (Phi) is 4.30. The van der Waals surface area contributed by atoms with Gasteiger partial charge in [0.05, 0.1) is 0 Å². The van der Waals surface area contributed by atoms with Gasteiger partial charge in [0.2, 0.25) is 0 Å². The highest BCUT2D eigenvalue weighted by molar-refractivity contribution is 6.30. The Morgan fingerprint density at radius 3 is 2.45 bits per heavy atom. The number of aromatic hydroxyl groups is 2. The number of hydrogen-bond acceptors (Lipinski definition) is 3. The standard InChI is InChI=1S/C16H16ClNO2/c1-10(2)11-3-5-16(20)14(8-11)18-9-12-7-13(17)4-6-15(12)19/h3-10,19-20H,1-2H3. The Labute approximate surface area is 123 Å². The summed E-state index contributed by atoms with van der Waals surface area (Å²) in [7, 11) is 0. The first kappa shape index (κ1) is 14.4. The Morgan fingerprint density at radius 1 is 1.05 bits per heavy atom. The van der Waals surface area contributed by atoms with Gasteiger partial charge in [-0.15, -0.1) is 0 Å². The van der Waals surface area contributed by atoms with Crippen LogP contribution in [0.5, 0.6) is 11.5 Å². The maximum absolute atomic E-state index is 9.82. The molecule has 0 aliphatic heterocycles. The number of benzene rings is 2. The summed E-state index contributed by atoms with van der Waals surface area (Å²) in [5, 5.41) is 20.0. The number of hydrogen-bond donors (Lipinski definition) is 2. The van der Waals surface area contributed by atoms with Gasteiger partial charge in [-0.05, 0) is 41.8 Å². The van der Waals surface area contributed by atoms with Gasteiger partial charge in [-0.25, -0.2) is 0 Å². The van der Waals surface area contributed by atoms with E-state index in [1.807, 2.05) is 12.1 Å². The Hall–Kier alpha value is -2.00. The topological polar surface area (TPSA) is 52.8 Å². The minimum absolute atomic E-state index is 0.0950. The number of rotatable bonds is 3. The summed E-state index contributed by atoms with van der Waals surface area (Å²) in [6, 6.07) is 10.1. The van der Waals surface area contributed by atoms with E-state index in [9.17, 15) is 10.2 Å². The van der Waals surface area contributed by atoms with E-state index in [0.717, 1.165) is 5.56 Å². The summed E-state index contributed by atoms with van der Waals surface area (Å²) in [5.74, 6) is 0.550. The van der Waals surface area contributed by atoms with Crippen molar-refractivity contribution in [1.82, 2.24) is 0 Å². The van der Waals surface area contributed by atoms with Gasteiger partial charge in [-0.2, -0.15) is 0 Å². The van der Waals surface area contributed by atoms with Crippen LogP contribution in [0.1, 0.15) is 30.9 Å². The van der Waals surface area contributed by atoms with Crippen LogP contribution in [0.15, 0.2) is 41.4 Å². The molecule has 0 aromatic heterocycles. The van der Waals surface area contributed by atoms with Gasteiger partial charge >= 0.3 is 0 Å². The average Bonchev–Trinajstić information content (AvgIpc) is 2.41. The number of nitrogens with zero attached hydrogens (tertiary/aromatic N) is 1. The molecule has 0 saturated carbocycles. The van der Waals surface area contributed by atoms with Gasteiger partial charge < -0.3 is 10.2 Å². The molecule has 0 spiro atoms. The zero-order valence-electron chi connectivity index (χ0n) is 11.3. The number of aliphatic imine (C=N–C) groups is 1. The minimum Gasteiger partial charge on any atom is -0.507 e. The van der Waals surface area contributed by atoms with Crippen molar-refractivity contribution in [3.8, 4) is 11.5 Å². The van der Waals surface area contributed by atoms with Gasteiger partial charge in [-0.1, -0.05) is 31.5 Å². The summed E-state index contributed by atoms with van der Waals surface area (Å²) in [4.78, 5) is 4.23. The molecule has 2 rings (SSSR count). The summed E-state index contributed by atoms with van der Waals surface area (Å²) in [6.45, 7) is 4.14. The van der Waals surface area contributed by atoms with E-state index < -0.39 is 0 Å². The molecule has 20 heavy (non-hydrogen) atoms. The molecule has 2 aromatic rings. The molecule has 0 saturated heterocycles. The van der Waals surface area contributed by atoms with E-state index in [2.05, 4.69) is 18.8 Å². The smallest absolute Gasteiger partial charge is 0.141 e. The van der Waals surface area contributed by atoms with Gasteiger partial charge in [0, 0.05) is 16.8 Å². The van der Waals surface area contributed by atoms with Crippen molar-refractivity contribution in [3.63, 3.8) is 0 Å². The first-order valence-electron chi connectivity index (χ1n) is 6.33. The molecule has 2 N–H and O–H groups in total. The van der Waals surface area contributed by atoms with Crippen LogP contribution in [0.2, 0.25) is 5.02 Å². The highest BCUT2D eigenvalue weighted by Gasteiger charge is 2.05. The molecule has 0 unspecified atom stereocenters. The number of phenolic OH excluding ortho intramolecular Hbond substituents is 2. The molecule has 2 aromatic carbocycles. The predicted octanol–water partition coefficient (Wildman–Crippen LogP) is 4.63. The molecule has 0 radical (unpaired) electrons. The third-order valence-electron chi connectivity index (χ3n) is 3.00. The molecule has 104 valence electrons. The van der Waals surface area contributed by atoms with Crippen LogP contribution >= 0.6 is 11.6 Å². The van der Waals surface area contributed by atoms with E-state index >= 15 is 0 Å². The normalized spacial score (nSPS) is 11.4. The van der Waals surface area contributed by atoms with Crippen LogP contribution in [0.4, 0.5) is 5.69 Å². The molecular weight excluding hydrogens is 274 g/mol. The average molecular weight is 290 g/mol. The van der Waals surface area contributed by atoms with Crippen LogP contribution in [-0.4, -0.2) is 16.4 Å². The third kappa shape index (κ3) is 3.31. The fraction of sp³-hybridized carbons (Fsp3) is 0.188. The zero-order valence-corrected chi connectivity index (χ0v) is 12.1. The Morgan fingerprint density at radius 2 is 1.75 bits per heavy atom. The lowest BCUT2D eigenvalue weighted by atomic mass is 10.0. The second-order valence-corrected chi connectivity index (χ2v) is 5.30. The summed E-state index contributed by atoms with van der Waals surface area (Å²) in [5.41, 5.74) is 2.06. The molecule has 0 aliphatic rings. The van der Waals surface area contributed by atoms with E-state index in [0.29, 0.717) is 22.2 Å². The maximum Gasteiger partial charge on any atom is 0.141 e. The summed E-state index contributed by atoms with van der Waals surface area (Å²) < 4.78 is 0. The number of phenols is 2. The fourth-order valence-corrected chi connectivity index (χ4v) is 1.95. The largest absolute Gasteiger partial charge is 0.507 e. The molecule has 0 atom stereocenters. The molecule has 0 bridgehead atoms. The van der Waals surface area contributed by atoms with Crippen LogP contribution < -0.4 is 0 Å². The van der Waals surface area contributed by atoms with Crippen molar-refractivity contribution < 1.29 is 10.2 Å². The van der Waals surface area contributed by atoms with Gasteiger partial charge in [0.15, 0.2) is 0 Å². The highest BCUT2D eigenvalue weighted by Crippen LogP contribution is 2.30. The predicted molar refractivity (Wildman–Crippen MR) is 82.6 cm³/mol. The highest BCUT2D eigenvalue weighted by atomic mass is 35.5. The van der Waals surface area contributed by atoms with Crippen LogP contribution in [0.3, 0.4) is 0 Å². The molecule has 4 heteroatoms. The lowest BCUT2D eigenvalue weighted by Crippen LogP contribution is -1.87. The van der Waals surface area contributed by atoms with Crippen LogP contribution in [0.25, 0.3) is 0 Å². The Bertz CT molecular complexity index is 651. The first-order valence-corrected chi connectivity index (χ1v) is 6.70. The van der Waals surface area contributed by atoms with Gasteiger partial charge in [0.25, 0.3) is 0 Å². The lowest BCUT2D eigenvalue weighted by Gasteiger charge is -2.07. The van der Waals surface area contributed by atoms with Crippen molar-refractivity contribution >= 4 is 23.5 Å². The van der Waals surface area contributed by atoms with Crippen molar-refractivity contribution in [2.24, 2.45) is 4.99 Å². The van der Waals surface area contributed by atoms with Crippen molar-refractivity contribution in [1.29, 1.82) is 0 Å². The molecule has 0 fully saturated rings. The van der Waals surface area contributed by atoms with E-state index in [-0.39, 0.29) is 11.5 Å². The molecule has 0 amide bonds. The monoisotopic (exact) mass is 289 g/mol. The van der Waals surface area contributed by atoms with Crippen molar-refractivity contribution in [2.45, 2.75) is 19.8 Å². The SMILES string of the molecule is CC(C)c1ccc(O)c(N=Cc2cc(Cl)ccc2O)c1. The molecule has 0 aliphatic carbocycles. The minimum atomic E-state index is 0.0950. The van der Waals surface area contributed by atoms with Crippen molar-refractivity contribution in [2.75, 3.05) is 0 Å². The molecule has 3 nitrogen and oxygen atoms in total. The van der Waals surface area contributed by atoms with Crippen molar-refractivity contribution in [3.05, 3.63) is 52.5 Å². The zero-order chi connectivity index (χ0) is 14.7. The fourth-order valence-electron chi connectivity index (χ4n) is 1.77. The van der Waals surface area contributed by atoms with E-state index in [1.165, 1.54) is 12.3 Å². The first-order chi connectivity index (χ1) is 9.47. The maximum atomic E-state index is 9.82.